The summed E-state index contributed by atoms with van der Waals surface area (Å²) in [6, 6.07) is 15.8. The molecule has 0 saturated heterocycles. The number of ether oxygens (including phenoxy) is 1. The van der Waals surface area contributed by atoms with Crippen molar-refractivity contribution in [3.63, 3.8) is 0 Å². The van der Waals surface area contributed by atoms with Crippen molar-refractivity contribution in [2.45, 2.75) is 31.8 Å². The van der Waals surface area contributed by atoms with Crippen LogP contribution in [0.2, 0.25) is 0 Å². The highest BCUT2D eigenvalue weighted by Crippen LogP contribution is 2.46. The standard InChI is InChI=1S/C25H23ClN2O6/c26-13-17-14-27(23(29)6-3-7-24(30)31)21-12-22(19-4-1-2-5-20(19)25(17)21)34-15-16-8-10-18(11-9-16)28(32)33/h1-2,4-5,8-12,17H,3,6-7,13-15H2,(H,30,31)/t17-/m1/s1. The zero-order chi connectivity index (χ0) is 24.2. The zero-order valence-electron chi connectivity index (χ0n) is 18.3. The molecule has 0 spiro atoms. The highest BCUT2D eigenvalue weighted by atomic mass is 35.5. The first kappa shape index (κ1) is 23.5. The van der Waals surface area contributed by atoms with E-state index in [2.05, 4.69) is 0 Å². The third-order valence-corrected chi connectivity index (χ3v) is 6.31. The number of carbonyl (C=O) groups excluding carboxylic acids is 1. The minimum atomic E-state index is -0.929. The first-order chi connectivity index (χ1) is 16.4. The van der Waals surface area contributed by atoms with Crippen LogP contribution in [0.1, 0.15) is 36.3 Å². The van der Waals surface area contributed by atoms with Crippen LogP contribution in [0.5, 0.6) is 5.75 Å². The Morgan fingerprint density at radius 2 is 1.82 bits per heavy atom. The Hall–Kier alpha value is -3.65. The first-order valence-electron chi connectivity index (χ1n) is 10.9. The number of nitro groups is 1. The molecule has 4 rings (SSSR count). The van der Waals surface area contributed by atoms with E-state index in [1.54, 1.807) is 17.0 Å². The number of nitrogens with zero attached hydrogens (tertiary/aromatic N) is 2. The minimum Gasteiger partial charge on any atom is -0.488 e. The van der Waals surface area contributed by atoms with Gasteiger partial charge in [-0.05, 0) is 35.1 Å². The Labute approximate surface area is 200 Å². The molecule has 9 heteroatoms. The van der Waals surface area contributed by atoms with E-state index in [1.807, 2.05) is 30.3 Å². The lowest BCUT2D eigenvalue weighted by Crippen LogP contribution is -2.30. The van der Waals surface area contributed by atoms with Gasteiger partial charge in [-0.2, -0.15) is 0 Å². The molecule has 0 unspecified atom stereocenters. The van der Waals surface area contributed by atoms with E-state index in [4.69, 9.17) is 21.4 Å². The number of benzene rings is 3. The summed E-state index contributed by atoms with van der Waals surface area (Å²) >= 11 is 6.27. The fourth-order valence-electron chi connectivity index (χ4n) is 4.30. The van der Waals surface area contributed by atoms with E-state index in [9.17, 15) is 19.7 Å². The number of aliphatic carboxylic acids is 1. The molecular weight excluding hydrogens is 460 g/mol. The number of rotatable bonds is 9. The number of fused-ring (bicyclic) bond motifs is 3. The maximum Gasteiger partial charge on any atom is 0.303 e. The van der Waals surface area contributed by atoms with Crippen molar-refractivity contribution in [3.05, 3.63) is 75.8 Å². The predicted molar refractivity (Wildman–Crippen MR) is 129 cm³/mol. The number of non-ortho nitro benzene ring substituents is 1. The van der Waals surface area contributed by atoms with Crippen molar-refractivity contribution >= 4 is 45.6 Å². The fraction of sp³-hybridized carbons (Fsp3) is 0.280. The number of halogens is 1. The highest BCUT2D eigenvalue weighted by molar-refractivity contribution is 6.19. The van der Waals surface area contributed by atoms with Crippen molar-refractivity contribution in [1.82, 2.24) is 0 Å². The van der Waals surface area contributed by atoms with Gasteiger partial charge in [-0.3, -0.25) is 19.7 Å². The van der Waals surface area contributed by atoms with Crippen molar-refractivity contribution in [2.24, 2.45) is 0 Å². The van der Waals surface area contributed by atoms with Crippen LogP contribution in [-0.2, 0) is 16.2 Å². The maximum atomic E-state index is 13.0. The molecule has 176 valence electrons. The van der Waals surface area contributed by atoms with E-state index in [0.29, 0.717) is 18.2 Å². The highest BCUT2D eigenvalue weighted by Gasteiger charge is 2.34. The number of anilines is 1. The molecule has 34 heavy (non-hydrogen) atoms. The number of amides is 1. The van der Waals surface area contributed by atoms with Crippen LogP contribution in [-0.4, -0.2) is 34.3 Å². The Bertz CT molecular complexity index is 1240. The van der Waals surface area contributed by atoms with Gasteiger partial charge in [0.05, 0.1) is 10.6 Å². The van der Waals surface area contributed by atoms with Crippen LogP contribution in [0.15, 0.2) is 54.6 Å². The Kier molecular flexibility index (Phi) is 6.98. The van der Waals surface area contributed by atoms with Crippen LogP contribution < -0.4 is 9.64 Å². The molecule has 1 N–H and O–H groups in total. The molecular formula is C25H23ClN2O6. The van der Waals surface area contributed by atoms with Gasteiger partial charge in [0.25, 0.3) is 5.69 Å². The number of nitro benzene ring substituents is 1. The smallest absolute Gasteiger partial charge is 0.303 e. The van der Waals surface area contributed by atoms with Crippen LogP contribution in [0.3, 0.4) is 0 Å². The lowest BCUT2D eigenvalue weighted by Gasteiger charge is -2.19. The van der Waals surface area contributed by atoms with Crippen LogP contribution in [0.25, 0.3) is 10.8 Å². The number of hydrogen-bond donors (Lipinski definition) is 1. The molecule has 1 aliphatic rings. The van der Waals surface area contributed by atoms with Gasteiger partial charge >= 0.3 is 5.97 Å². The SMILES string of the molecule is O=C(O)CCCC(=O)N1C[C@@H](CCl)c2c1cc(OCc1ccc([N+](=O)[O-])cc1)c1ccccc21. The van der Waals surface area contributed by atoms with Gasteiger partial charge in [0.1, 0.15) is 12.4 Å². The molecule has 0 fully saturated rings. The summed E-state index contributed by atoms with van der Waals surface area (Å²) in [5.41, 5.74) is 2.49. The molecule has 1 atom stereocenters. The second kappa shape index (κ2) is 10.1. The summed E-state index contributed by atoms with van der Waals surface area (Å²) in [5.74, 6) is -0.188. The molecule has 3 aromatic rings. The predicted octanol–water partition coefficient (Wildman–Crippen LogP) is 5.25. The van der Waals surface area contributed by atoms with E-state index < -0.39 is 10.9 Å². The van der Waals surface area contributed by atoms with Gasteiger partial charge in [0.2, 0.25) is 5.91 Å². The summed E-state index contributed by atoms with van der Waals surface area (Å²) < 4.78 is 6.12. The van der Waals surface area contributed by atoms with E-state index in [1.165, 1.54) is 12.1 Å². The molecule has 0 aliphatic carbocycles. The molecule has 1 aliphatic heterocycles. The quantitative estimate of drug-likeness (QED) is 0.253. The number of hydrogen-bond acceptors (Lipinski definition) is 5. The van der Waals surface area contributed by atoms with Crippen molar-refractivity contribution < 1.29 is 24.4 Å². The minimum absolute atomic E-state index is 0.0101. The normalized spacial score (nSPS) is 14.7. The lowest BCUT2D eigenvalue weighted by molar-refractivity contribution is -0.384. The lowest BCUT2D eigenvalue weighted by atomic mass is 9.95. The van der Waals surface area contributed by atoms with E-state index in [0.717, 1.165) is 27.6 Å². The van der Waals surface area contributed by atoms with Crippen LogP contribution >= 0.6 is 11.6 Å². The Morgan fingerprint density at radius 1 is 1.12 bits per heavy atom. The maximum absolute atomic E-state index is 13.0. The van der Waals surface area contributed by atoms with Gasteiger partial charge in [0, 0.05) is 54.8 Å². The number of carbonyl (C=O) groups is 2. The summed E-state index contributed by atoms with van der Waals surface area (Å²) in [6.45, 7) is 0.632. The van der Waals surface area contributed by atoms with E-state index in [-0.39, 0.29) is 43.4 Å². The summed E-state index contributed by atoms with van der Waals surface area (Å²) in [4.78, 5) is 35.9. The Balaban J connectivity index is 1.66. The number of carboxylic acids is 1. The number of carboxylic acid groups (broad SMARTS) is 1. The average Bonchev–Trinajstić information content (AvgIpc) is 3.21. The third-order valence-electron chi connectivity index (χ3n) is 5.94. The molecule has 0 saturated carbocycles. The molecule has 8 nitrogen and oxygen atoms in total. The molecule has 1 amide bonds. The largest absolute Gasteiger partial charge is 0.488 e. The number of alkyl halides is 1. The van der Waals surface area contributed by atoms with Gasteiger partial charge in [-0.1, -0.05) is 24.3 Å². The molecule has 3 aromatic carbocycles. The van der Waals surface area contributed by atoms with Crippen LogP contribution in [0.4, 0.5) is 11.4 Å². The van der Waals surface area contributed by atoms with Gasteiger partial charge in [0.15, 0.2) is 0 Å². The van der Waals surface area contributed by atoms with Crippen molar-refractivity contribution in [3.8, 4) is 5.75 Å². The fourth-order valence-corrected chi connectivity index (χ4v) is 4.55. The monoisotopic (exact) mass is 482 g/mol. The second-order valence-corrected chi connectivity index (χ2v) is 8.48. The van der Waals surface area contributed by atoms with Crippen molar-refractivity contribution in [1.29, 1.82) is 0 Å². The zero-order valence-corrected chi connectivity index (χ0v) is 19.0. The van der Waals surface area contributed by atoms with Gasteiger partial charge in [-0.25, -0.2) is 0 Å². The summed E-state index contributed by atoms with van der Waals surface area (Å²) in [5, 5.41) is 21.6. The topological polar surface area (TPSA) is 110 Å². The van der Waals surface area contributed by atoms with Gasteiger partial charge in [-0.15, -0.1) is 11.6 Å². The Morgan fingerprint density at radius 3 is 2.47 bits per heavy atom. The third kappa shape index (κ3) is 4.82. The summed E-state index contributed by atoms with van der Waals surface area (Å²) in [6.07, 6.45) is 0.335. The molecule has 0 aromatic heterocycles. The average molecular weight is 483 g/mol. The first-order valence-corrected chi connectivity index (χ1v) is 11.4. The van der Waals surface area contributed by atoms with Crippen LogP contribution in [0, 0.1) is 10.1 Å². The van der Waals surface area contributed by atoms with Crippen molar-refractivity contribution in [2.75, 3.05) is 17.3 Å². The molecule has 0 bridgehead atoms. The van der Waals surface area contributed by atoms with E-state index >= 15 is 0 Å². The van der Waals surface area contributed by atoms with Gasteiger partial charge < -0.3 is 14.7 Å². The molecule has 0 radical (unpaired) electrons. The molecule has 1 heterocycles. The second-order valence-electron chi connectivity index (χ2n) is 8.17. The summed E-state index contributed by atoms with van der Waals surface area (Å²) in [7, 11) is 0.